The molecule has 1 aromatic rings. The predicted molar refractivity (Wildman–Crippen MR) is 81.0 cm³/mol. The van der Waals surface area contributed by atoms with Crippen molar-refractivity contribution in [3.8, 4) is 0 Å². The fraction of sp³-hybridized carbons (Fsp3) is 0.625. The Morgan fingerprint density at radius 2 is 1.80 bits per heavy atom. The van der Waals surface area contributed by atoms with E-state index in [0.29, 0.717) is 6.04 Å². The molecule has 0 saturated carbocycles. The van der Waals surface area contributed by atoms with Crippen LogP contribution in [0.5, 0.6) is 0 Å². The largest absolute Gasteiger partial charge is 0.377 e. The normalized spacial score (nSPS) is 25.0. The van der Waals surface area contributed by atoms with Crippen molar-refractivity contribution in [2.75, 3.05) is 40.9 Å². The molecular formula is C16H26N2O2. The second kappa shape index (κ2) is 7.18. The van der Waals surface area contributed by atoms with Gasteiger partial charge in [-0.1, -0.05) is 24.3 Å². The first-order valence-electron chi connectivity index (χ1n) is 7.20. The van der Waals surface area contributed by atoms with Gasteiger partial charge in [0.25, 0.3) is 0 Å². The number of likely N-dealkylation sites (tertiary alicyclic amines) is 1. The van der Waals surface area contributed by atoms with Gasteiger partial charge in [0.2, 0.25) is 0 Å². The minimum Gasteiger partial charge on any atom is -0.377 e. The molecule has 20 heavy (non-hydrogen) atoms. The highest BCUT2D eigenvalue weighted by atomic mass is 16.5. The molecule has 1 heterocycles. The minimum absolute atomic E-state index is 0.175. The van der Waals surface area contributed by atoms with Gasteiger partial charge in [0.1, 0.15) is 0 Å². The molecule has 0 bridgehead atoms. The summed E-state index contributed by atoms with van der Waals surface area (Å²) in [5.74, 6) is 0. The Hall–Kier alpha value is -0.940. The average Bonchev–Trinajstić information content (AvgIpc) is 2.87. The Morgan fingerprint density at radius 3 is 2.30 bits per heavy atom. The van der Waals surface area contributed by atoms with E-state index < -0.39 is 0 Å². The van der Waals surface area contributed by atoms with Gasteiger partial charge < -0.3 is 14.8 Å². The number of nitrogens with zero attached hydrogens (tertiary/aromatic N) is 1. The van der Waals surface area contributed by atoms with Gasteiger partial charge in [0.05, 0.1) is 12.2 Å². The molecule has 4 heteroatoms. The number of rotatable bonds is 6. The molecule has 0 aliphatic carbocycles. The van der Waals surface area contributed by atoms with Crippen LogP contribution in [0.25, 0.3) is 0 Å². The molecule has 1 aliphatic heterocycles. The van der Waals surface area contributed by atoms with E-state index >= 15 is 0 Å². The standard InChI is InChI=1S/C16H26N2O2/c1-12-7-5-6-8-13(12)14(17-2)9-18-10-15(19-3)16(11-18)20-4/h5-8,14-17H,9-11H2,1-4H3. The van der Waals surface area contributed by atoms with E-state index in [1.54, 1.807) is 14.2 Å². The molecule has 1 fully saturated rings. The third-order valence-corrected chi connectivity index (χ3v) is 4.25. The third-order valence-electron chi connectivity index (χ3n) is 4.25. The second-order valence-electron chi connectivity index (χ2n) is 5.46. The maximum Gasteiger partial charge on any atom is 0.0971 e. The molecule has 1 aliphatic rings. The average molecular weight is 278 g/mol. The van der Waals surface area contributed by atoms with Crippen LogP contribution in [-0.4, -0.2) is 58.0 Å². The third kappa shape index (κ3) is 3.38. The van der Waals surface area contributed by atoms with Crippen LogP contribution in [0.3, 0.4) is 0 Å². The molecule has 112 valence electrons. The number of hydrogen-bond acceptors (Lipinski definition) is 4. The zero-order valence-electron chi connectivity index (χ0n) is 12.9. The van der Waals surface area contributed by atoms with Gasteiger partial charge in [0.15, 0.2) is 0 Å². The molecule has 3 atom stereocenters. The van der Waals surface area contributed by atoms with Gasteiger partial charge in [-0.05, 0) is 25.1 Å². The fourth-order valence-electron chi connectivity index (χ4n) is 3.00. The topological polar surface area (TPSA) is 33.7 Å². The SMILES string of the molecule is CNC(CN1CC(OC)C(OC)C1)c1ccccc1C. The van der Waals surface area contributed by atoms with Crippen LogP contribution in [0.1, 0.15) is 17.2 Å². The van der Waals surface area contributed by atoms with Gasteiger partial charge in [-0.2, -0.15) is 0 Å². The number of ether oxygens (including phenoxy) is 2. The summed E-state index contributed by atoms with van der Waals surface area (Å²) < 4.78 is 11.0. The van der Waals surface area contributed by atoms with Crippen LogP contribution in [0, 0.1) is 6.92 Å². The van der Waals surface area contributed by atoms with E-state index in [2.05, 4.69) is 41.4 Å². The van der Waals surface area contributed by atoms with Gasteiger partial charge in [-0.3, -0.25) is 4.90 Å². The molecule has 1 aromatic carbocycles. The summed E-state index contributed by atoms with van der Waals surface area (Å²) in [7, 11) is 5.54. The summed E-state index contributed by atoms with van der Waals surface area (Å²) in [5, 5.41) is 3.43. The van der Waals surface area contributed by atoms with Gasteiger partial charge in [-0.15, -0.1) is 0 Å². The zero-order chi connectivity index (χ0) is 14.5. The van der Waals surface area contributed by atoms with E-state index in [0.717, 1.165) is 19.6 Å². The Bertz CT molecular complexity index is 413. The van der Waals surface area contributed by atoms with Crippen LogP contribution in [-0.2, 0) is 9.47 Å². The van der Waals surface area contributed by atoms with E-state index in [-0.39, 0.29) is 12.2 Å². The highest BCUT2D eigenvalue weighted by Crippen LogP contribution is 2.22. The quantitative estimate of drug-likeness (QED) is 0.857. The molecular weight excluding hydrogens is 252 g/mol. The van der Waals surface area contributed by atoms with Crippen LogP contribution in [0.2, 0.25) is 0 Å². The zero-order valence-corrected chi connectivity index (χ0v) is 12.9. The number of nitrogens with one attached hydrogen (secondary N) is 1. The van der Waals surface area contributed by atoms with Crippen molar-refractivity contribution in [2.45, 2.75) is 25.2 Å². The molecule has 2 rings (SSSR count). The summed E-state index contributed by atoms with van der Waals surface area (Å²) in [4.78, 5) is 2.41. The number of likely N-dealkylation sites (N-methyl/N-ethyl adjacent to an activating group) is 1. The van der Waals surface area contributed by atoms with Gasteiger partial charge >= 0.3 is 0 Å². The maximum atomic E-state index is 5.50. The lowest BCUT2D eigenvalue weighted by molar-refractivity contribution is -0.00461. The molecule has 4 nitrogen and oxygen atoms in total. The van der Waals surface area contributed by atoms with E-state index in [1.807, 2.05) is 7.05 Å². The first-order chi connectivity index (χ1) is 9.69. The van der Waals surface area contributed by atoms with Crippen molar-refractivity contribution in [3.63, 3.8) is 0 Å². The van der Waals surface area contributed by atoms with Crippen molar-refractivity contribution in [1.82, 2.24) is 10.2 Å². The first-order valence-corrected chi connectivity index (χ1v) is 7.20. The maximum absolute atomic E-state index is 5.50. The molecule has 1 N–H and O–H groups in total. The van der Waals surface area contributed by atoms with Gasteiger partial charge in [0, 0.05) is 39.9 Å². The molecule has 1 saturated heterocycles. The van der Waals surface area contributed by atoms with Crippen molar-refractivity contribution in [2.24, 2.45) is 0 Å². The predicted octanol–water partition coefficient (Wildman–Crippen LogP) is 1.60. The van der Waals surface area contributed by atoms with E-state index in [4.69, 9.17) is 9.47 Å². The number of benzene rings is 1. The van der Waals surface area contributed by atoms with Crippen LogP contribution in [0.15, 0.2) is 24.3 Å². The van der Waals surface area contributed by atoms with Crippen molar-refractivity contribution in [1.29, 1.82) is 0 Å². The number of methoxy groups -OCH3 is 2. The molecule has 0 aromatic heterocycles. The summed E-state index contributed by atoms with van der Waals surface area (Å²) >= 11 is 0. The highest BCUT2D eigenvalue weighted by Gasteiger charge is 2.33. The molecule has 0 amide bonds. The molecule has 0 spiro atoms. The summed E-state index contributed by atoms with van der Waals surface area (Å²) in [6.07, 6.45) is 0.351. The lowest BCUT2D eigenvalue weighted by Gasteiger charge is -2.25. The monoisotopic (exact) mass is 278 g/mol. The molecule has 0 radical (unpaired) electrons. The van der Waals surface area contributed by atoms with Crippen LogP contribution < -0.4 is 5.32 Å². The summed E-state index contributed by atoms with van der Waals surface area (Å²) in [5.41, 5.74) is 2.70. The van der Waals surface area contributed by atoms with Crippen LogP contribution in [0.4, 0.5) is 0 Å². The van der Waals surface area contributed by atoms with E-state index in [1.165, 1.54) is 11.1 Å². The summed E-state index contributed by atoms with van der Waals surface area (Å²) in [6, 6.07) is 8.90. The second-order valence-corrected chi connectivity index (χ2v) is 5.46. The molecule has 3 unspecified atom stereocenters. The highest BCUT2D eigenvalue weighted by molar-refractivity contribution is 5.29. The van der Waals surface area contributed by atoms with Crippen LogP contribution >= 0.6 is 0 Å². The Kier molecular flexibility index (Phi) is 5.54. The number of hydrogen-bond donors (Lipinski definition) is 1. The fourth-order valence-corrected chi connectivity index (χ4v) is 3.00. The minimum atomic E-state index is 0.175. The Balaban J connectivity index is 2.03. The Morgan fingerprint density at radius 1 is 1.20 bits per heavy atom. The van der Waals surface area contributed by atoms with Gasteiger partial charge in [-0.25, -0.2) is 0 Å². The smallest absolute Gasteiger partial charge is 0.0971 e. The van der Waals surface area contributed by atoms with E-state index in [9.17, 15) is 0 Å². The lowest BCUT2D eigenvalue weighted by atomic mass is 10.0. The summed E-state index contributed by atoms with van der Waals surface area (Å²) in [6.45, 7) is 5.00. The van der Waals surface area contributed by atoms with Crippen molar-refractivity contribution in [3.05, 3.63) is 35.4 Å². The van der Waals surface area contributed by atoms with Crippen molar-refractivity contribution < 1.29 is 9.47 Å². The first kappa shape index (κ1) is 15.4. The van der Waals surface area contributed by atoms with Crippen molar-refractivity contribution >= 4 is 0 Å². The number of aryl methyl sites for hydroxylation is 1. The Labute approximate surface area is 122 Å². The lowest BCUT2D eigenvalue weighted by Crippen LogP contribution is -2.33.